The standard InChI is InChI=1S/C9H17ClN2O/c1-3-11-9(13)8(2)12-7-5-4-6-10/h4-5,8,12H,3,6-7H2,1-2H3,(H,11,13)/b5-4+. The number of carbonyl (C=O) groups is 1. The number of allylic oxidation sites excluding steroid dienone is 1. The number of amides is 1. The van der Waals surface area contributed by atoms with Crippen molar-refractivity contribution in [3.8, 4) is 0 Å². The zero-order chi connectivity index (χ0) is 10.1. The van der Waals surface area contributed by atoms with Gasteiger partial charge < -0.3 is 10.6 Å². The van der Waals surface area contributed by atoms with Gasteiger partial charge in [0.2, 0.25) is 5.91 Å². The van der Waals surface area contributed by atoms with Crippen LogP contribution >= 0.6 is 11.6 Å². The summed E-state index contributed by atoms with van der Waals surface area (Å²) in [5, 5.41) is 5.78. The molecule has 0 aliphatic heterocycles. The molecule has 0 aliphatic rings. The maximum absolute atomic E-state index is 11.2. The molecule has 0 saturated carbocycles. The molecule has 13 heavy (non-hydrogen) atoms. The first-order chi connectivity index (χ1) is 6.22. The normalized spacial score (nSPS) is 13.2. The van der Waals surface area contributed by atoms with Crippen LogP contribution in [-0.4, -0.2) is 30.9 Å². The molecule has 0 aromatic carbocycles. The van der Waals surface area contributed by atoms with Gasteiger partial charge in [-0.15, -0.1) is 11.6 Å². The van der Waals surface area contributed by atoms with E-state index < -0.39 is 0 Å². The topological polar surface area (TPSA) is 41.1 Å². The molecule has 1 atom stereocenters. The molecule has 76 valence electrons. The third-order valence-electron chi connectivity index (χ3n) is 1.54. The van der Waals surface area contributed by atoms with Gasteiger partial charge in [-0.1, -0.05) is 12.2 Å². The fraction of sp³-hybridized carbons (Fsp3) is 0.667. The average molecular weight is 205 g/mol. The first-order valence-electron chi connectivity index (χ1n) is 4.44. The summed E-state index contributed by atoms with van der Waals surface area (Å²) >= 11 is 5.44. The Hall–Kier alpha value is -0.540. The lowest BCUT2D eigenvalue weighted by Gasteiger charge is -2.11. The van der Waals surface area contributed by atoms with Crippen molar-refractivity contribution in [3.05, 3.63) is 12.2 Å². The van der Waals surface area contributed by atoms with Crippen molar-refractivity contribution >= 4 is 17.5 Å². The number of likely N-dealkylation sites (N-methyl/N-ethyl adjacent to an activating group) is 1. The van der Waals surface area contributed by atoms with Crippen LogP contribution in [0.2, 0.25) is 0 Å². The summed E-state index contributed by atoms with van der Waals surface area (Å²) in [6.07, 6.45) is 3.75. The van der Waals surface area contributed by atoms with E-state index in [1.165, 1.54) is 0 Å². The molecule has 0 fully saturated rings. The number of nitrogens with one attached hydrogen (secondary N) is 2. The molecule has 0 aromatic heterocycles. The van der Waals surface area contributed by atoms with Gasteiger partial charge in [0, 0.05) is 19.0 Å². The molecule has 1 amide bonds. The third-order valence-corrected chi connectivity index (χ3v) is 1.72. The van der Waals surface area contributed by atoms with Crippen molar-refractivity contribution < 1.29 is 4.79 Å². The fourth-order valence-corrected chi connectivity index (χ4v) is 0.937. The molecule has 0 radical (unpaired) electrons. The summed E-state index contributed by atoms with van der Waals surface area (Å²) in [7, 11) is 0. The highest BCUT2D eigenvalue weighted by Gasteiger charge is 2.08. The van der Waals surface area contributed by atoms with Gasteiger partial charge in [0.25, 0.3) is 0 Å². The second-order valence-corrected chi connectivity index (χ2v) is 2.96. The zero-order valence-corrected chi connectivity index (χ0v) is 8.90. The molecular weight excluding hydrogens is 188 g/mol. The highest BCUT2D eigenvalue weighted by Crippen LogP contribution is 1.82. The summed E-state index contributed by atoms with van der Waals surface area (Å²) in [5.74, 6) is 0.541. The molecule has 0 saturated heterocycles. The number of halogens is 1. The lowest BCUT2D eigenvalue weighted by molar-refractivity contribution is -0.122. The summed E-state index contributed by atoms with van der Waals surface area (Å²) in [5.41, 5.74) is 0. The first-order valence-corrected chi connectivity index (χ1v) is 4.97. The molecular formula is C9H17ClN2O. The van der Waals surface area contributed by atoms with E-state index in [9.17, 15) is 4.79 Å². The van der Waals surface area contributed by atoms with Crippen molar-refractivity contribution in [3.63, 3.8) is 0 Å². The fourth-order valence-electron chi connectivity index (χ4n) is 0.811. The molecule has 0 rings (SSSR count). The first kappa shape index (κ1) is 12.5. The number of hydrogen-bond donors (Lipinski definition) is 2. The number of carbonyl (C=O) groups excluding carboxylic acids is 1. The van der Waals surface area contributed by atoms with E-state index in [1.54, 1.807) is 0 Å². The van der Waals surface area contributed by atoms with Crippen molar-refractivity contribution in [1.29, 1.82) is 0 Å². The SMILES string of the molecule is CCNC(=O)C(C)NC/C=C/CCl. The van der Waals surface area contributed by atoms with Gasteiger partial charge in [0.05, 0.1) is 6.04 Å². The molecule has 0 heterocycles. The highest BCUT2D eigenvalue weighted by molar-refractivity contribution is 6.18. The average Bonchev–Trinajstić information content (AvgIpc) is 2.12. The molecule has 0 spiro atoms. The Bertz CT molecular complexity index is 171. The van der Waals surface area contributed by atoms with E-state index in [0.29, 0.717) is 19.0 Å². The Kier molecular flexibility index (Phi) is 7.74. The number of alkyl halides is 1. The van der Waals surface area contributed by atoms with Crippen LogP contribution in [0.25, 0.3) is 0 Å². The smallest absolute Gasteiger partial charge is 0.236 e. The minimum absolute atomic E-state index is 0.0294. The minimum atomic E-state index is -0.153. The van der Waals surface area contributed by atoms with Gasteiger partial charge in [-0.05, 0) is 13.8 Å². The number of hydrogen-bond acceptors (Lipinski definition) is 2. The van der Waals surface area contributed by atoms with Gasteiger partial charge in [0.1, 0.15) is 0 Å². The Morgan fingerprint density at radius 2 is 2.23 bits per heavy atom. The van der Waals surface area contributed by atoms with Gasteiger partial charge in [-0.3, -0.25) is 4.79 Å². The lowest BCUT2D eigenvalue weighted by Crippen LogP contribution is -2.42. The van der Waals surface area contributed by atoms with Crippen molar-refractivity contribution in [2.24, 2.45) is 0 Å². The van der Waals surface area contributed by atoms with E-state index in [2.05, 4.69) is 10.6 Å². The second-order valence-electron chi connectivity index (χ2n) is 2.65. The summed E-state index contributed by atoms with van der Waals surface area (Å²) in [6.45, 7) is 5.07. The van der Waals surface area contributed by atoms with Crippen LogP contribution in [0.4, 0.5) is 0 Å². The highest BCUT2D eigenvalue weighted by atomic mass is 35.5. The van der Waals surface area contributed by atoms with Crippen LogP contribution in [0.3, 0.4) is 0 Å². The number of rotatable bonds is 6. The molecule has 0 bridgehead atoms. The van der Waals surface area contributed by atoms with Crippen LogP contribution in [0, 0.1) is 0 Å². The maximum atomic E-state index is 11.2. The predicted octanol–water partition coefficient (Wildman–Crippen LogP) is 0.896. The third kappa shape index (κ3) is 6.61. The van der Waals surface area contributed by atoms with E-state index in [1.807, 2.05) is 26.0 Å². The summed E-state index contributed by atoms with van der Waals surface area (Å²) in [6, 6.07) is -0.153. The summed E-state index contributed by atoms with van der Waals surface area (Å²) in [4.78, 5) is 11.2. The van der Waals surface area contributed by atoms with Crippen LogP contribution < -0.4 is 10.6 Å². The van der Waals surface area contributed by atoms with Crippen LogP contribution in [0.1, 0.15) is 13.8 Å². The van der Waals surface area contributed by atoms with Crippen molar-refractivity contribution in [2.75, 3.05) is 19.0 Å². The van der Waals surface area contributed by atoms with Crippen LogP contribution in [0.15, 0.2) is 12.2 Å². The summed E-state index contributed by atoms with van der Waals surface area (Å²) < 4.78 is 0. The van der Waals surface area contributed by atoms with Crippen molar-refractivity contribution in [2.45, 2.75) is 19.9 Å². The van der Waals surface area contributed by atoms with Gasteiger partial charge >= 0.3 is 0 Å². The van der Waals surface area contributed by atoms with E-state index in [-0.39, 0.29) is 11.9 Å². The molecule has 2 N–H and O–H groups in total. The molecule has 0 aliphatic carbocycles. The van der Waals surface area contributed by atoms with Gasteiger partial charge in [0.15, 0.2) is 0 Å². The molecule has 4 heteroatoms. The quantitative estimate of drug-likeness (QED) is 0.499. The van der Waals surface area contributed by atoms with E-state index >= 15 is 0 Å². The molecule has 1 unspecified atom stereocenters. The minimum Gasteiger partial charge on any atom is -0.355 e. The second kappa shape index (κ2) is 8.08. The largest absolute Gasteiger partial charge is 0.355 e. The van der Waals surface area contributed by atoms with Gasteiger partial charge in [-0.2, -0.15) is 0 Å². The van der Waals surface area contributed by atoms with Gasteiger partial charge in [-0.25, -0.2) is 0 Å². The molecule has 0 aromatic rings. The maximum Gasteiger partial charge on any atom is 0.236 e. The predicted molar refractivity (Wildman–Crippen MR) is 56.0 cm³/mol. The Balaban J connectivity index is 3.55. The Morgan fingerprint density at radius 1 is 1.54 bits per heavy atom. The lowest BCUT2D eigenvalue weighted by atomic mass is 10.3. The Morgan fingerprint density at radius 3 is 2.77 bits per heavy atom. The monoisotopic (exact) mass is 204 g/mol. The Labute approximate surface area is 84.5 Å². The van der Waals surface area contributed by atoms with E-state index in [4.69, 9.17) is 11.6 Å². The zero-order valence-electron chi connectivity index (χ0n) is 8.14. The van der Waals surface area contributed by atoms with Crippen LogP contribution in [0.5, 0.6) is 0 Å². The van der Waals surface area contributed by atoms with Crippen LogP contribution in [-0.2, 0) is 4.79 Å². The molecule has 3 nitrogen and oxygen atoms in total. The van der Waals surface area contributed by atoms with E-state index in [0.717, 1.165) is 0 Å². The van der Waals surface area contributed by atoms with Crippen molar-refractivity contribution in [1.82, 2.24) is 10.6 Å².